The van der Waals surface area contributed by atoms with Crippen LogP contribution >= 0.6 is 20.1 Å². The van der Waals surface area contributed by atoms with E-state index in [0.29, 0.717) is 23.4 Å². The Labute approximate surface area is 238 Å². The van der Waals surface area contributed by atoms with E-state index in [9.17, 15) is 14.4 Å². The number of aldehydes is 1. The van der Waals surface area contributed by atoms with Gasteiger partial charge in [-0.1, -0.05) is 0 Å². The van der Waals surface area contributed by atoms with E-state index >= 15 is 0 Å². The van der Waals surface area contributed by atoms with Gasteiger partial charge in [0.1, 0.15) is 6.29 Å². The van der Waals surface area contributed by atoms with Gasteiger partial charge in [0.05, 0.1) is 0 Å². The molecule has 39 heavy (non-hydrogen) atoms. The van der Waals surface area contributed by atoms with E-state index in [1.165, 1.54) is 0 Å². The molecule has 1 saturated heterocycles. The zero-order valence-corrected chi connectivity index (χ0v) is 24.9. The van der Waals surface area contributed by atoms with E-state index in [1.54, 1.807) is 18.2 Å². The van der Waals surface area contributed by atoms with Gasteiger partial charge in [-0.15, -0.1) is 0 Å². The summed E-state index contributed by atoms with van der Waals surface area (Å²) in [6, 6.07) is 21.0. The van der Waals surface area contributed by atoms with Crippen LogP contribution in [0.2, 0.25) is 0 Å². The summed E-state index contributed by atoms with van der Waals surface area (Å²) in [6.07, 6.45) is 2.96. The summed E-state index contributed by atoms with van der Waals surface area (Å²) in [7, 11) is 0. The molecule has 0 radical (unpaired) electrons. The number of benzene rings is 3. The van der Waals surface area contributed by atoms with Crippen LogP contribution in [0.5, 0.6) is 0 Å². The number of aryl methyl sites for hydroxylation is 2. The van der Waals surface area contributed by atoms with Gasteiger partial charge in [-0.2, -0.15) is 0 Å². The monoisotopic (exact) mass is 641 g/mol. The molecule has 7 nitrogen and oxygen atoms in total. The second-order valence-electron chi connectivity index (χ2n) is 9.86. The van der Waals surface area contributed by atoms with Crippen molar-refractivity contribution in [3.8, 4) is 11.1 Å². The number of hydrogen-bond donors (Lipinski definition) is 2. The molecule has 0 spiro atoms. The zero-order chi connectivity index (χ0) is 27.8. The van der Waals surface area contributed by atoms with Gasteiger partial charge >= 0.3 is 176 Å². The van der Waals surface area contributed by atoms with E-state index in [-0.39, 0.29) is 18.4 Å². The topological polar surface area (TPSA) is 87.7 Å². The Bertz CT molecular complexity index is 1310. The Morgan fingerprint density at radius 1 is 1.05 bits per heavy atom. The Hall–Kier alpha value is -3.24. The molecular formula is C31H36IN3O4. The maximum Gasteiger partial charge on any atom is 0.150 e. The quantitative estimate of drug-likeness (QED) is 0.117. The Morgan fingerprint density at radius 3 is 2.56 bits per heavy atom. The number of piperidine rings is 1. The van der Waals surface area contributed by atoms with Crippen LogP contribution in [0.25, 0.3) is 11.1 Å². The number of rotatable bonds is 9. The van der Waals surface area contributed by atoms with E-state index in [0.717, 1.165) is 54.5 Å². The summed E-state index contributed by atoms with van der Waals surface area (Å²) in [5.41, 5.74) is 5.56. The van der Waals surface area contributed by atoms with Crippen molar-refractivity contribution in [1.82, 2.24) is 3.11 Å². The summed E-state index contributed by atoms with van der Waals surface area (Å²) in [4.78, 5) is 41.3. The third-order valence-corrected chi connectivity index (χ3v) is 10.4. The number of halogens is 1. The maximum absolute atomic E-state index is 13.0. The SMILES string of the molecule is Cc1cc(NC(=O)CCc2ccc(-c3ccccc3)c(NC(=O)OC3CCCN(I(C)C)C3)c2)ccc1C=O. The summed E-state index contributed by atoms with van der Waals surface area (Å²) < 4.78 is 8.34. The number of ether oxygens (including phenoxy) is 1. The Kier molecular flexibility index (Phi) is 10.1. The van der Waals surface area contributed by atoms with Crippen molar-refractivity contribution < 1.29 is 19.1 Å². The van der Waals surface area contributed by atoms with Crippen LogP contribution in [0.15, 0.2) is 66.7 Å². The molecule has 206 valence electrons. The van der Waals surface area contributed by atoms with Gasteiger partial charge in [-0.3, -0.25) is 9.59 Å². The van der Waals surface area contributed by atoms with Crippen molar-refractivity contribution in [2.45, 2.75) is 38.7 Å². The van der Waals surface area contributed by atoms with Crippen LogP contribution in [0, 0.1) is 6.92 Å². The molecule has 2 amide bonds. The second kappa shape index (κ2) is 13.7. The summed E-state index contributed by atoms with van der Waals surface area (Å²) in [6.45, 7) is 3.74. The molecule has 0 aliphatic carbocycles. The van der Waals surface area contributed by atoms with E-state index in [2.05, 4.69) is 23.6 Å². The van der Waals surface area contributed by atoms with Crippen molar-refractivity contribution >= 4 is 49.8 Å². The minimum Gasteiger partial charge on any atom is -0.298 e. The first kappa shape index (κ1) is 28.8. The minimum atomic E-state index is -1.10. The Balaban J connectivity index is 1.44. The molecular weight excluding hydrogens is 605 g/mol. The van der Waals surface area contributed by atoms with Crippen LogP contribution in [0.4, 0.5) is 16.2 Å². The van der Waals surface area contributed by atoms with Crippen molar-refractivity contribution in [2.75, 3.05) is 33.6 Å². The van der Waals surface area contributed by atoms with E-state index < -0.39 is 26.2 Å². The molecule has 1 aliphatic rings. The first-order chi connectivity index (χ1) is 18.8. The molecule has 1 fully saturated rings. The van der Waals surface area contributed by atoms with Gasteiger partial charge in [-0.25, -0.2) is 0 Å². The van der Waals surface area contributed by atoms with Crippen LogP contribution in [-0.2, 0) is 16.0 Å². The van der Waals surface area contributed by atoms with Crippen LogP contribution in [0.3, 0.4) is 0 Å². The Morgan fingerprint density at radius 2 is 1.85 bits per heavy atom. The summed E-state index contributed by atoms with van der Waals surface area (Å²) in [5.74, 6) is -0.120. The van der Waals surface area contributed by atoms with E-state index in [1.807, 2.05) is 55.5 Å². The zero-order valence-electron chi connectivity index (χ0n) is 22.7. The predicted molar refractivity (Wildman–Crippen MR) is 166 cm³/mol. The number of carbonyl (C=O) groups excluding carboxylic acids is 3. The van der Waals surface area contributed by atoms with E-state index in [4.69, 9.17) is 4.74 Å². The number of nitrogens with zero attached hydrogens (tertiary/aromatic N) is 1. The molecule has 0 bridgehead atoms. The molecule has 1 unspecified atom stereocenters. The van der Waals surface area contributed by atoms with Crippen molar-refractivity contribution in [3.63, 3.8) is 0 Å². The predicted octanol–water partition coefficient (Wildman–Crippen LogP) is 6.74. The summed E-state index contributed by atoms with van der Waals surface area (Å²) >= 11 is -1.10. The van der Waals surface area contributed by atoms with Gasteiger partial charge in [0.2, 0.25) is 0 Å². The molecule has 2 N–H and O–H groups in total. The maximum atomic E-state index is 13.0. The minimum absolute atomic E-state index is 0.102. The third kappa shape index (κ3) is 8.12. The fourth-order valence-electron chi connectivity index (χ4n) is 4.67. The van der Waals surface area contributed by atoms with Gasteiger partial charge in [-0.05, 0) is 30.7 Å². The smallest absolute Gasteiger partial charge is 0.150 e. The second-order valence-corrected chi connectivity index (χ2v) is 15.3. The number of anilines is 2. The van der Waals surface area contributed by atoms with Gasteiger partial charge in [0.15, 0.2) is 0 Å². The van der Waals surface area contributed by atoms with Crippen molar-refractivity contribution in [2.24, 2.45) is 0 Å². The normalized spacial score (nSPS) is 15.8. The molecule has 3 aromatic carbocycles. The van der Waals surface area contributed by atoms with Crippen molar-refractivity contribution in [1.29, 1.82) is 0 Å². The first-order valence-electron chi connectivity index (χ1n) is 13.1. The van der Waals surface area contributed by atoms with Gasteiger partial charge in [0.25, 0.3) is 0 Å². The van der Waals surface area contributed by atoms with Gasteiger partial charge in [0, 0.05) is 11.3 Å². The van der Waals surface area contributed by atoms with Crippen LogP contribution in [0.1, 0.15) is 40.7 Å². The number of alkyl halides is 2. The van der Waals surface area contributed by atoms with Crippen molar-refractivity contribution in [3.05, 3.63) is 83.4 Å². The summed E-state index contributed by atoms with van der Waals surface area (Å²) in [5, 5.41) is 5.89. The molecule has 0 aromatic heterocycles. The molecule has 8 heteroatoms. The molecule has 1 heterocycles. The fourth-order valence-corrected chi connectivity index (χ4v) is 7.21. The fraction of sp³-hybridized carbons (Fsp3) is 0.323. The largest absolute Gasteiger partial charge is 0.298 e. The molecule has 3 aromatic rings. The third-order valence-electron chi connectivity index (χ3n) is 6.81. The molecule has 4 rings (SSSR count). The molecule has 0 saturated carbocycles. The van der Waals surface area contributed by atoms with Crippen LogP contribution < -0.4 is 10.6 Å². The first-order valence-corrected chi connectivity index (χ1v) is 18.4. The number of carbonyl (C=O) groups is 3. The average Bonchev–Trinajstić information content (AvgIpc) is 2.92. The number of hydrogen-bond acceptors (Lipinski definition) is 5. The van der Waals surface area contributed by atoms with Crippen LogP contribution in [-0.4, -0.2) is 50.5 Å². The molecule has 1 aliphatic heterocycles. The number of nitrogens with one attached hydrogen (secondary N) is 2. The standard InChI is InChI=1S/C31H36IN3O4/c1-22-18-26(14-13-25(22)21-36)33-30(37)16-12-23-11-15-28(24-8-5-4-6-9-24)29(19-23)34-31(38)39-27-10-7-17-35(20-27)32(2)3/h4-6,8-9,11,13-15,18-19,21,27H,7,10,12,16-17,20H2,1-3H3,(H,33,37)(H,34,38). The van der Waals surface area contributed by atoms with Gasteiger partial charge < -0.3 is 5.32 Å². The number of amides is 2. The average molecular weight is 642 g/mol. The molecule has 1 atom stereocenters.